The summed E-state index contributed by atoms with van der Waals surface area (Å²) < 4.78 is 17.7. The summed E-state index contributed by atoms with van der Waals surface area (Å²) in [7, 11) is 1.57. The van der Waals surface area contributed by atoms with E-state index in [2.05, 4.69) is 10.6 Å². The molecule has 0 aromatic heterocycles. The molecule has 1 aromatic carbocycles. The van der Waals surface area contributed by atoms with Gasteiger partial charge >= 0.3 is 0 Å². The van der Waals surface area contributed by atoms with Crippen LogP contribution in [0.5, 0.6) is 0 Å². The highest BCUT2D eigenvalue weighted by Crippen LogP contribution is 2.15. The molecule has 0 bridgehead atoms. The van der Waals surface area contributed by atoms with Crippen LogP contribution in [0, 0.1) is 5.82 Å². The summed E-state index contributed by atoms with van der Waals surface area (Å²) in [4.78, 5) is 11.3. The van der Waals surface area contributed by atoms with Crippen LogP contribution in [-0.4, -0.2) is 32.7 Å². The Hall–Kier alpha value is -1.17. The van der Waals surface area contributed by atoms with E-state index in [0.717, 1.165) is 5.56 Å². The van der Waals surface area contributed by atoms with Crippen molar-refractivity contribution in [2.45, 2.75) is 6.54 Å². The molecular weight excluding hydrogens is 259 g/mol. The van der Waals surface area contributed by atoms with Gasteiger partial charge in [-0.1, -0.05) is 17.7 Å². The van der Waals surface area contributed by atoms with E-state index in [9.17, 15) is 9.18 Å². The van der Waals surface area contributed by atoms with E-state index in [1.165, 1.54) is 12.1 Å². The molecule has 0 heterocycles. The third-order valence-electron chi connectivity index (χ3n) is 2.23. The quantitative estimate of drug-likeness (QED) is 0.738. The van der Waals surface area contributed by atoms with Gasteiger partial charge in [0.1, 0.15) is 5.82 Å². The number of halogens is 2. The largest absolute Gasteiger partial charge is 0.383 e. The number of rotatable bonds is 7. The lowest BCUT2D eigenvalue weighted by Crippen LogP contribution is -2.35. The van der Waals surface area contributed by atoms with E-state index in [4.69, 9.17) is 16.3 Å². The molecule has 0 spiro atoms. The first-order chi connectivity index (χ1) is 8.63. The molecule has 1 aromatic rings. The van der Waals surface area contributed by atoms with Gasteiger partial charge in [0.15, 0.2) is 0 Å². The molecule has 0 atom stereocenters. The Bertz CT molecular complexity index is 402. The van der Waals surface area contributed by atoms with E-state index < -0.39 is 5.82 Å². The number of methoxy groups -OCH3 is 1. The van der Waals surface area contributed by atoms with Crippen LogP contribution in [0.25, 0.3) is 0 Å². The molecule has 0 fully saturated rings. The summed E-state index contributed by atoms with van der Waals surface area (Å²) in [6, 6.07) is 4.46. The molecule has 100 valence electrons. The molecule has 1 amide bonds. The predicted octanol–water partition coefficient (Wildman–Crippen LogP) is 1.33. The van der Waals surface area contributed by atoms with E-state index in [1.807, 2.05) is 0 Å². The second kappa shape index (κ2) is 8.02. The summed E-state index contributed by atoms with van der Waals surface area (Å²) in [6.45, 7) is 1.62. The topological polar surface area (TPSA) is 50.4 Å². The highest BCUT2D eigenvalue weighted by molar-refractivity contribution is 6.30. The average molecular weight is 275 g/mol. The lowest BCUT2D eigenvalue weighted by atomic mass is 10.2. The molecule has 6 heteroatoms. The zero-order chi connectivity index (χ0) is 13.4. The molecule has 0 unspecified atom stereocenters. The standard InChI is InChI=1S/C12H16ClFN2O2/c1-18-5-4-16-12(17)8-15-7-9-2-3-11(14)10(13)6-9/h2-3,6,15H,4-5,7-8H2,1H3,(H,16,17). The van der Waals surface area contributed by atoms with Crippen molar-refractivity contribution in [1.82, 2.24) is 10.6 Å². The Balaban J connectivity index is 2.24. The van der Waals surface area contributed by atoms with E-state index >= 15 is 0 Å². The third kappa shape index (κ3) is 5.44. The van der Waals surface area contributed by atoms with Gasteiger partial charge in [0, 0.05) is 20.2 Å². The van der Waals surface area contributed by atoms with Gasteiger partial charge in [0.25, 0.3) is 0 Å². The third-order valence-corrected chi connectivity index (χ3v) is 2.52. The molecule has 0 aliphatic carbocycles. The Morgan fingerprint density at radius 1 is 1.50 bits per heavy atom. The maximum Gasteiger partial charge on any atom is 0.234 e. The van der Waals surface area contributed by atoms with Crippen LogP contribution in [0.2, 0.25) is 5.02 Å². The van der Waals surface area contributed by atoms with Gasteiger partial charge in [0.05, 0.1) is 18.2 Å². The number of hydrogen-bond acceptors (Lipinski definition) is 3. The van der Waals surface area contributed by atoms with Gasteiger partial charge in [-0.2, -0.15) is 0 Å². The molecule has 0 aliphatic heterocycles. The number of benzene rings is 1. The molecular formula is C12H16ClFN2O2. The highest BCUT2D eigenvalue weighted by Gasteiger charge is 2.02. The van der Waals surface area contributed by atoms with Gasteiger partial charge in [-0.3, -0.25) is 4.79 Å². The van der Waals surface area contributed by atoms with E-state index in [-0.39, 0.29) is 17.5 Å². The second-order valence-electron chi connectivity index (χ2n) is 3.69. The SMILES string of the molecule is COCCNC(=O)CNCc1ccc(F)c(Cl)c1. The smallest absolute Gasteiger partial charge is 0.234 e. The van der Waals surface area contributed by atoms with Gasteiger partial charge < -0.3 is 15.4 Å². The summed E-state index contributed by atoms with van der Waals surface area (Å²) in [5, 5.41) is 5.70. The Kier molecular flexibility index (Phi) is 6.64. The van der Waals surface area contributed by atoms with Crippen molar-refractivity contribution in [3.63, 3.8) is 0 Å². The van der Waals surface area contributed by atoms with Crippen molar-refractivity contribution in [2.75, 3.05) is 26.8 Å². The lowest BCUT2D eigenvalue weighted by Gasteiger charge is -2.07. The molecule has 0 radical (unpaired) electrons. The highest BCUT2D eigenvalue weighted by atomic mass is 35.5. The Morgan fingerprint density at radius 2 is 2.28 bits per heavy atom. The van der Waals surface area contributed by atoms with Crippen molar-refractivity contribution >= 4 is 17.5 Å². The number of nitrogens with one attached hydrogen (secondary N) is 2. The van der Waals surface area contributed by atoms with E-state index in [1.54, 1.807) is 13.2 Å². The minimum Gasteiger partial charge on any atom is -0.383 e. The molecule has 0 aliphatic rings. The van der Waals surface area contributed by atoms with Crippen LogP contribution >= 0.6 is 11.6 Å². The monoisotopic (exact) mass is 274 g/mol. The van der Waals surface area contributed by atoms with Crippen molar-refractivity contribution in [3.8, 4) is 0 Å². The lowest BCUT2D eigenvalue weighted by molar-refractivity contribution is -0.120. The van der Waals surface area contributed by atoms with E-state index in [0.29, 0.717) is 19.7 Å². The van der Waals surface area contributed by atoms with Crippen LogP contribution in [0.1, 0.15) is 5.56 Å². The number of ether oxygens (including phenoxy) is 1. The maximum atomic E-state index is 12.9. The van der Waals surface area contributed by atoms with Crippen LogP contribution in [0.15, 0.2) is 18.2 Å². The molecule has 2 N–H and O–H groups in total. The summed E-state index contributed by atoms with van der Waals surface area (Å²) in [5.41, 5.74) is 0.825. The number of carbonyl (C=O) groups is 1. The predicted molar refractivity (Wildman–Crippen MR) is 68.0 cm³/mol. The zero-order valence-electron chi connectivity index (χ0n) is 10.1. The fraction of sp³-hybridized carbons (Fsp3) is 0.417. The normalized spacial score (nSPS) is 10.4. The van der Waals surface area contributed by atoms with Gasteiger partial charge in [-0.25, -0.2) is 4.39 Å². The van der Waals surface area contributed by atoms with Gasteiger partial charge in [-0.15, -0.1) is 0 Å². The Morgan fingerprint density at radius 3 is 2.94 bits per heavy atom. The molecule has 18 heavy (non-hydrogen) atoms. The van der Waals surface area contributed by atoms with Crippen molar-refractivity contribution in [3.05, 3.63) is 34.6 Å². The number of hydrogen-bond donors (Lipinski definition) is 2. The van der Waals surface area contributed by atoms with Crippen LogP contribution in [0.4, 0.5) is 4.39 Å². The minimum absolute atomic E-state index is 0.0823. The summed E-state index contributed by atoms with van der Waals surface area (Å²) in [5.74, 6) is -0.557. The first-order valence-corrected chi connectivity index (χ1v) is 5.91. The zero-order valence-corrected chi connectivity index (χ0v) is 10.9. The second-order valence-corrected chi connectivity index (χ2v) is 4.10. The molecule has 0 saturated heterocycles. The fourth-order valence-corrected chi connectivity index (χ4v) is 1.53. The molecule has 1 rings (SSSR count). The summed E-state index contributed by atoms with van der Waals surface area (Å²) in [6.07, 6.45) is 0. The maximum absolute atomic E-state index is 12.9. The van der Waals surface area contributed by atoms with Crippen molar-refractivity contribution in [1.29, 1.82) is 0 Å². The Labute approximate surface area is 110 Å². The van der Waals surface area contributed by atoms with Crippen molar-refractivity contribution in [2.24, 2.45) is 0 Å². The average Bonchev–Trinajstić information content (AvgIpc) is 2.34. The van der Waals surface area contributed by atoms with Gasteiger partial charge in [0.2, 0.25) is 5.91 Å². The number of carbonyl (C=O) groups excluding carboxylic acids is 1. The first-order valence-electron chi connectivity index (χ1n) is 5.53. The van der Waals surface area contributed by atoms with Crippen LogP contribution in [0.3, 0.4) is 0 Å². The van der Waals surface area contributed by atoms with Crippen LogP contribution < -0.4 is 10.6 Å². The fourth-order valence-electron chi connectivity index (χ4n) is 1.32. The molecule has 0 saturated carbocycles. The van der Waals surface area contributed by atoms with Crippen molar-refractivity contribution < 1.29 is 13.9 Å². The first kappa shape index (κ1) is 14.9. The van der Waals surface area contributed by atoms with Crippen LogP contribution in [-0.2, 0) is 16.1 Å². The summed E-state index contributed by atoms with van der Waals surface area (Å²) >= 11 is 5.64. The number of amides is 1. The minimum atomic E-state index is -0.447. The molecule has 4 nitrogen and oxygen atoms in total. The van der Waals surface area contributed by atoms with Gasteiger partial charge in [-0.05, 0) is 17.7 Å².